The van der Waals surface area contributed by atoms with Crippen LogP contribution in [0.25, 0.3) is 6.08 Å². The molecule has 28 heavy (non-hydrogen) atoms. The van der Waals surface area contributed by atoms with Gasteiger partial charge in [-0.15, -0.1) is 0 Å². The minimum absolute atomic E-state index is 0.0375. The highest BCUT2D eigenvalue weighted by Gasteiger charge is 2.44. The number of methoxy groups -OCH3 is 1. The van der Waals surface area contributed by atoms with Gasteiger partial charge in [0, 0.05) is 38.0 Å². The van der Waals surface area contributed by atoms with Crippen LogP contribution in [0.4, 0.5) is 4.79 Å². The zero-order valence-corrected chi connectivity index (χ0v) is 16.2. The van der Waals surface area contributed by atoms with E-state index in [-0.39, 0.29) is 23.8 Å². The molecule has 2 aliphatic rings. The molecule has 7 heteroatoms. The van der Waals surface area contributed by atoms with Crippen molar-refractivity contribution in [3.63, 3.8) is 0 Å². The number of carbonyl (C=O) groups excluding carboxylic acids is 3. The van der Waals surface area contributed by atoms with E-state index in [4.69, 9.17) is 0 Å². The topological polar surface area (TPSA) is 79.0 Å². The first-order chi connectivity index (χ1) is 13.5. The van der Waals surface area contributed by atoms with Crippen molar-refractivity contribution in [2.24, 2.45) is 5.41 Å². The van der Waals surface area contributed by atoms with Crippen LogP contribution < -0.4 is 5.32 Å². The molecule has 2 fully saturated rings. The third-order valence-corrected chi connectivity index (χ3v) is 5.59. The second-order valence-corrected chi connectivity index (χ2v) is 7.49. The van der Waals surface area contributed by atoms with Gasteiger partial charge in [0.25, 0.3) is 0 Å². The summed E-state index contributed by atoms with van der Waals surface area (Å²) >= 11 is 0. The van der Waals surface area contributed by atoms with Crippen LogP contribution in [0.2, 0.25) is 0 Å². The number of hydrogen-bond acceptors (Lipinski definition) is 4. The van der Waals surface area contributed by atoms with E-state index in [0.29, 0.717) is 26.1 Å². The zero-order chi connectivity index (χ0) is 20.0. The smallest absolute Gasteiger partial charge is 0.407 e. The first kappa shape index (κ1) is 19.9. The zero-order valence-electron chi connectivity index (χ0n) is 16.2. The van der Waals surface area contributed by atoms with Crippen molar-refractivity contribution in [3.8, 4) is 0 Å². The maximum atomic E-state index is 12.5. The molecule has 2 heterocycles. The van der Waals surface area contributed by atoms with E-state index in [0.717, 1.165) is 24.9 Å². The summed E-state index contributed by atoms with van der Waals surface area (Å²) in [5.74, 6) is 0.0667. The van der Waals surface area contributed by atoms with Crippen molar-refractivity contribution in [1.29, 1.82) is 0 Å². The maximum Gasteiger partial charge on any atom is 0.407 e. The van der Waals surface area contributed by atoms with Crippen molar-refractivity contribution in [1.82, 2.24) is 15.1 Å². The minimum Gasteiger partial charge on any atom is -0.453 e. The summed E-state index contributed by atoms with van der Waals surface area (Å²) in [5, 5.41) is 2.42. The lowest BCUT2D eigenvalue weighted by molar-refractivity contribution is -0.132. The summed E-state index contributed by atoms with van der Waals surface area (Å²) < 4.78 is 4.48. The fourth-order valence-corrected chi connectivity index (χ4v) is 3.93. The number of alkyl carbamates (subject to hydrolysis) is 1. The second kappa shape index (κ2) is 8.91. The Balaban J connectivity index is 1.47. The van der Waals surface area contributed by atoms with Crippen LogP contribution >= 0.6 is 0 Å². The largest absolute Gasteiger partial charge is 0.453 e. The Hall–Kier alpha value is -2.83. The van der Waals surface area contributed by atoms with Gasteiger partial charge in [-0.05, 0) is 18.4 Å². The molecule has 0 atom stereocenters. The molecule has 1 aromatic rings. The van der Waals surface area contributed by atoms with Crippen LogP contribution in [-0.4, -0.2) is 67.5 Å². The molecular weight excluding hydrogens is 358 g/mol. The number of ether oxygens (including phenoxy) is 1. The van der Waals surface area contributed by atoms with Gasteiger partial charge in [-0.25, -0.2) is 4.79 Å². The predicted molar refractivity (Wildman–Crippen MR) is 105 cm³/mol. The molecule has 1 spiro atoms. The van der Waals surface area contributed by atoms with E-state index in [1.165, 1.54) is 7.11 Å². The first-order valence-corrected chi connectivity index (χ1v) is 9.60. The van der Waals surface area contributed by atoms with Crippen LogP contribution in [0.5, 0.6) is 0 Å². The van der Waals surface area contributed by atoms with Gasteiger partial charge in [0.2, 0.25) is 11.8 Å². The number of benzene rings is 1. The molecule has 0 saturated carbocycles. The number of rotatable bonds is 5. The minimum atomic E-state index is -0.609. The lowest BCUT2D eigenvalue weighted by Crippen LogP contribution is -2.47. The molecule has 0 radical (unpaired) electrons. The molecule has 150 valence electrons. The van der Waals surface area contributed by atoms with Crippen LogP contribution in [0.3, 0.4) is 0 Å². The molecule has 1 aromatic carbocycles. The highest BCUT2D eigenvalue weighted by Crippen LogP contribution is 2.40. The monoisotopic (exact) mass is 385 g/mol. The molecular formula is C21H27N3O4. The number of nitrogens with zero attached hydrogens (tertiary/aromatic N) is 2. The summed E-state index contributed by atoms with van der Waals surface area (Å²) in [6.45, 7) is 2.52. The summed E-state index contributed by atoms with van der Waals surface area (Å²) in [4.78, 5) is 39.4. The predicted octanol–water partition coefficient (Wildman–Crippen LogP) is 1.90. The highest BCUT2D eigenvalue weighted by molar-refractivity contribution is 5.82. The van der Waals surface area contributed by atoms with Gasteiger partial charge >= 0.3 is 6.09 Å². The average molecular weight is 385 g/mol. The van der Waals surface area contributed by atoms with Crippen LogP contribution in [0.1, 0.15) is 24.8 Å². The molecule has 7 nitrogen and oxygen atoms in total. The van der Waals surface area contributed by atoms with Crippen molar-refractivity contribution >= 4 is 24.0 Å². The van der Waals surface area contributed by atoms with Gasteiger partial charge in [0.15, 0.2) is 0 Å². The third-order valence-electron chi connectivity index (χ3n) is 5.59. The van der Waals surface area contributed by atoms with E-state index < -0.39 is 6.09 Å². The van der Waals surface area contributed by atoms with Crippen molar-refractivity contribution in [2.75, 3.05) is 39.8 Å². The van der Waals surface area contributed by atoms with Crippen LogP contribution in [-0.2, 0) is 14.3 Å². The number of likely N-dealkylation sites (tertiary alicyclic amines) is 2. The number of hydrogen-bond donors (Lipinski definition) is 1. The number of piperidine rings is 1. The third kappa shape index (κ3) is 4.91. The van der Waals surface area contributed by atoms with Crippen molar-refractivity contribution in [2.45, 2.75) is 19.3 Å². The van der Waals surface area contributed by atoms with Gasteiger partial charge < -0.3 is 19.9 Å². The molecule has 2 saturated heterocycles. The van der Waals surface area contributed by atoms with Crippen molar-refractivity contribution in [3.05, 3.63) is 42.0 Å². The van der Waals surface area contributed by atoms with E-state index >= 15 is 0 Å². The van der Waals surface area contributed by atoms with E-state index in [1.54, 1.807) is 4.90 Å². The fourth-order valence-electron chi connectivity index (χ4n) is 3.93. The summed E-state index contributed by atoms with van der Waals surface area (Å²) in [6, 6.07) is 10.0. The molecule has 0 unspecified atom stereocenters. The second-order valence-electron chi connectivity index (χ2n) is 7.49. The van der Waals surface area contributed by atoms with Gasteiger partial charge in [-0.1, -0.05) is 42.5 Å². The van der Waals surface area contributed by atoms with Gasteiger partial charge in [0.1, 0.15) is 6.54 Å². The SMILES string of the molecule is COC(=O)NCC(=O)N1CCC2(CC1)CC(=O)N(C/C=C/c1ccccc1)C2. The fraction of sp³-hybridized carbons (Fsp3) is 0.476. The standard InChI is InChI=1S/C21H27N3O4/c1-28-20(27)22-15-19(26)23-12-9-21(10-13-23)14-18(25)24(16-21)11-5-8-17-6-3-2-4-7-17/h2-8H,9-16H2,1H3,(H,22,27)/b8-5+. The van der Waals surface area contributed by atoms with Crippen LogP contribution in [0.15, 0.2) is 36.4 Å². The molecule has 0 bridgehead atoms. The van der Waals surface area contributed by atoms with E-state index in [9.17, 15) is 14.4 Å². The Kier molecular flexibility index (Phi) is 6.34. The average Bonchev–Trinajstić information content (AvgIpc) is 3.02. The summed E-state index contributed by atoms with van der Waals surface area (Å²) in [7, 11) is 1.27. The molecule has 1 N–H and O–H groups in total. The molecule has 2 aliphatic heterocycles. The molecule has 3 amide bonds. The van der Waals surface area contributed by atoms with E-state index in [1.807, 2.05) is 47.4 Å². The number of amides is 3. The van der Waals surface area contributed by atoms with Gasteiger partial charge in [0.05, 0.1) is 7.11 Å². The molecule has 3 rings (SSSR count). The molecule has 0 aliphatic carbocycles. The quantitative estimate of drug-likeness (QED) is 0.840. The highest BCUT2D eigenvalue weighted by atomic mass is 16.5. The Labute approximate surface area is 165 Å². The first-order valence-electron chi connectivity index (χ1n) is 9.60. The Morgan fingerprint density at radius 2 is 1.93 bits per heavy atom. The Bertz CT molecular complexity index is 739. The lowest BCUT2D eigenvalue weighted by atomic mass is 9.77. The van der Waals surface area contributed by atoms with Crippen LogP contribution in [0, 0.1) is 5.41 Å². The maximum absolute atomic E-state index is 12.5. The Morgan fingerprint density at radius 3 is 2.61 bits per heavy atom. The normalized spacial score (nSPS) is 18.7. The van der Waals surface area contributed by atoms with Gasteiger partial charge in [-0.3, -0.25) is 9.59 Å². The number of nitrogens with one attached hydrogen (secondary N) is 1. The summed E-state index contributed by atoms with van der Waals surface area (Å²) in [5.41, 5.74) is 1.08. The number of carbonyl (C=O) groups is 3. The van der Waals surface area contributed by atoms with Crippen molar-refractivity contribution < 1.29 is 19.1 Å². The Morgan fingerprint density at radius 1 is 1.21 bits per heavy atom. The van der Waals surface area contributed by atoms with E-state index in [2.05, 4.69) is 10.1 Å². The lowest BCUT2D eigenvalue weighted by Gasteiger charge is -2.38. The van der Waals surface area contributed by atoms with Gasteiger partial charge in [-0.2, -0.15) is 0 Å². The summed E-state index contributed by atoms with van der Waals surface area (Å²) in [6.07, 6.45) is 5.62. The molecule has 0 aromatic heterocycles.